The molecule has 0 spiro atoms. The number of hydrogen-bond donors (Lipinski definition) is 1. The van der Waals surface area contributed by atoms with Gasteiger partial charge in [0.1, 0.15) is 17.3 Å². The van der Waals surface area contributed by atoms with Crippen molar-refractivity contribution in [1.29, 1.82) is 0 Å². The fourth-order valence-corrected chi connectivity index (χ4v) is 4.84. The maximum absolute atomic E-state index is 15.0. The van der Waals surface area contributed by atoms with Gasteiger partial charge in [0.15, 0.2) is 0 Å². The van der Waals surface area contributed by atoms with Crippen LogP contribution in [0.15, 0.2) is 36.4 Å². The summed E-state index contributed by atoms with van der Waals surface area (Å²) in [5.74, 6) is -1.19. The predicted octanol–water partition coefficient (Wildman–Crippen LogP) is 6.14. The molecule has 2 aromatic carbocycles. The van der Waals surface area contributed by atoms with E-state index in [4.69, 9.17) is 0 Å². The maximum Gasteiger partial charge on any atom is 0.132 e. The van der Waals surface area contributed by atoms with Gasteiger partial charge in [-0.2, -0.15) is 0 Å². The minimum absolute atomic E-state index is 0.0145. The first kappa shape index (κ1) is 19.8. The Balaban J connectivity index is 1.96. The number of aryl methyl sites for hydroxylation is 1. The van der Waals surface area contributed by atoms with Crippen LogP contribution in [-0.2, 0) is 6.42 Å². The lowest BCUT2D eigenvalue weighted by atomic mass is 9.96. The van der Waals surface area contributed by atoms with Crippen LogP contribution in [0.5, 0.6) is 0 Å². The second kappa shape index (κ2) is 7.37. The van der Waals surface area contributed by atoms with Crippen molar-refractivity contribution >= 4 is 33.5 Å². The number of benzene rings is 2. The first-order valence-electron chi connectivity index (χ1n) is 9.41. The third-order valence-electron chi connectivity index (χ3n) is 5.25. The van der Waals surface area contributed by atoms with E-state index in [-0.39, 0.29) is 12.1 Å². The first-order chi connectivity index (χ1) is 13.2. The number of fused-ring (bicyclic) bond motifs is 3. The molecule has 2 heterocycles. The maximum atomic E-state index is 15.0. The van der Waals surface area contributed by atoms with Crippen molar-refractivity contribution in [3.05, 3.63) is 68.4 Å². The Morgan fingerprint density at radius 2 is 1.86 bits per heavy atom. The van der Waals surface area contributed by atoms with E-state index < -0.39 is 23.3 Å². The molecule has 148 valence electrons. The molecule has 2 nitrogen and oxygen atoms in total. The van der Waals surface area contributed by atoms with Crippen LogP contribution >= 0.6 is 22.6 Å². The Bertz CT molecular complexity index is 999. The quantitative estimate of drug-likeness (QED) is 0.431. The molecule has 0 saturated carbocycles. The number of halogens is 4. The zero-order valence-corrected chi connectivity index (χ0v) is 18.0. The van der Waals surface area contributed by atoms with E-state index in [0.29, 0.717) is 10.1 Å². The first-order valence-corrected chi connectivity index (χ1v) is 10.5. The highest BCUT2D eigenvalue weighted by Gasteiger charge is 2.36. The van der Waals surface area contributed by atoms with Crippen molar-refractivity contribution < 1.29 is 13.2 Å². The van der Waals surface area contributed by atoms with E-state index >= 15 is 8.78 Å². The summed E-state index contributed by atoms with van der Waals surface area (Å²) in [4.78, 5) is 5.26. The topological polar surface area (TPSA) is 19.0 Å². The van der Waals surface area contributed by atoms with Gasteiger partial charge in [0, 0.05) is 32.3 Å². The van der Waals surface area contributed by atoms with E-state index in [1.165, 1.54) is 26.0 Å². The molecule has 1 atom stereocenters. The van der Waals surface area contributed by atoms with Crippen molar-refractivity contribution in [2.24, 2.45) is 0 Å². The number of rotatable bonds is 3. The number of alkyl halides is 1. The van der Waals surface area contributed by atoms with Crippen molar-refractivity contribution in [2.45, 2.75) is 38.4 Å². The molecule has 1 aromatic heterocycles. The minimum atomic E-state index is -1.48. The fraction of sp³-hybridized carbons (Fsp3) is 0.364. The molecule has 1 unspecified atom stereocenters. The fourth-order valence-electron chi connectivity index (χ4n) is 4.29. The molecule has 1 N–H and O–H groups in total. The minimum Gasteiger partial charge on any atom is -0.357 e. The van der Waals surface area contributed by atoms with Crippen LogP contribution in [0.1, 0.15) is 43.1 Å². The zero-order valence-electron chi connectivity index (χ0n) is 15.8. The SMILES string of the molecule is CC(C)(F)CN1CCCc2c([nH]c3ccccc23)C1c1c(F)cc(I)cc1F. The standard InChI is InChI=1S/C22H22F3IN2/c1-22(2,25)12-28-9-5-7-15-14-6-3-4-8-18(14)27-20(15)21(28)19-16(23)10-13(26)11-17(19)24/h3-4,6,8,10-11,21,27H,5,7,9,12H2,1-2H3. The summed E-state index contributed by atoms with van der Waals surface area (Å²) in [5, 5.41) is 1.06. The van der Waals surface area contributed by atoms with Gasteiger partial charge in [-0.1, -0.05) is 18.2 Å². The number of hydrogen-bond acceptors (Lipinski definition) is 1. The van der Waals surface area contributed by atoms with Crippen molar-refractivity contribution in [1.82, 2.24) is 9.88 Å². The van der Waals surface area contributed by atoms with Crippen LogP contribution in [0, 0.1) is 15.2 Å². The second-order valence-electron chi connectivity index (χ2n) is 8.04. The third kappa shape index (κ3) is 3.68. The molecular formula is C22H22F3IN2. The lowest BCUT2D eigenvalue weighted by Crippen LogP contribution is -2.39. The van der Waals surface area contributed by atoms with E-state index in [1.807, 2.05) is 51.8 Å². The van der Waals surface area contributed by atoms with E-state index in [9.17, 15) is 4.39 Å². The normalized spacial score (nSPS) is 18.3. The van der Waals surface area contributed by atoms with Crippen LogP contribution in [0.4, 0.5) is 13.2 Å². The molecule has 3 aromatic rings. The van der Waals surface area contributed by atoms with Crippen LogP contribution in [-0.4, -0.2) is 28.6 Å². The van der Waals surface area contributed by atoms with Crippen molar-refractivity contribution in [3.63, 3.8) is 0 Å². The molecule has 0 aliphatic carbocycles. The highest BCUT2D eigenvalue weighted by molar-refractivity contribution is 14.1. The summed E-state index contributed by atoms with van der Waals surface area (Å²) >= 11 is 1.90. The monoisotopic (exact) mass is 498 g/mol. The van der Waals surface area contributed by atoms with Gasteiger partial charge in [-0.3, -0.25) is 4.90 Å². The molecule has 1 aliphatic rings. The summed E-state index contributed by atoms with van der Waals surface area (Å²) in [6, 6.07) is 9.86. The Kier molecular flexibility index (Phi) is 5.20. The number of nitrogens with zero attached hydrogens (tertiary/aromatic N) is 1. The zero-order chi connectivity index (χ0) is 20.1. The van der Waals surface area contributed by atoms with Gasteiger partial charge in [-0.15, -0.1) is 0 Å². The number of para-hydroxylation sites is 1. The van der Waals surface area contributed by atoms with E-state index in [0.717, 1.165) is 35.0 Å². The van der Waals surface area contributed by atoms with Gasteiger partial charge in [0.05, 0.1) is 6.04 Å². The molecule has 1 aliphatic heterocycles. The third-order valence-corrected chi connectivity index (χ3v) is 5.88. The van der Waals surface area contributed by atoms with Gasteiger partial charge in [0.25, 0.3) is 0 Å². The van der Waals surface area contributed by atoms with Gasteiger partial charge >= 0.3 is 0 Å². The largest absolute Gasteiger partial charge is 0.357 e. The highest BCUT2D eigenvalue weighted by Crippen LogP contribution is 2.40. The van der Waals surface area contributed by atoms with Crippen molar-refractivity contribution in [3.8, 4) is 0 Å². The lowest BCUT2D eigenvalue weighted by molar-refractivity contribution is 0.103. The molecule has 28 heavy (non-hydrogen) atoms. The van der Waals surface area contributed by atoms with E-state index in [1.54, 1.807) is 0 Å². The van der Waals surface area contributed by atoms with Gasteiger partial charge < -0.3 is 4.98 Å². The van der Waals surface area contributed by atoms with Crippen molar-refractivity contribution in [2.75, 3.05) is 13.1 Å². The summed E-state index contributed by atoms with van der Waals surface area (Å²) in [6.07, 6.45) is 1.59. The van der Waals surface area contributed by atoms with Crippen LogP contribution < -0.4 is 0 Å². The number of aromatic amines is 1. The number of H-pyrrole nitrogens is 1. The predicted molar refractivity (Wildman–Crippen MR) is 114 cm³/mol. The summed E-state index contributed by atoms with van der Waals surface area (Å²) in [5.41, 5.74) is 1.27. The second-order valence-corrected chi connectivity index (χ2v) is 9.29. The molecule has 0 radical (unpaired) electrons. The Morgan fingerprint density at radius 3 is 2.54 bits per heavy atom. The molecule has 0 amide bonds. The molecule has 0 bridgehead atoms. The molecule has 0 fully saturated rings. The van der Waals surface area contributed by atoms with Gasteiger partial charge in [-0.05, 0) is 79.6 Å². The number of aromatic nitrogens is 1. The Hall–Kier alpha value is -1.54. The summed E-state index contributed by atoms with van der Waals surface area (Å²) in [7, 11) is 0. The van der Waals surface area contributed by atoms with E-state index in [2.05, 4.69) is 4.98 Å². The van der Waals surface area contributed by atoms with Crippen LogP contribution in [0.3, 0.4) is 0 Å². The molecule has 4 rings (SSSR count). The smallest absolute Gasteiger partial charge is 0.132 e. The van der Waals surface area contributed by atoms with Gasteiger partial charge in [0.2, 0.25) is 0 Å². The average Bonchev–Trinajstić information content (AvgIpc) is 2.86. The molecular weight excluding hydrogens is 476 g/mol. The van der Waals surface area contributed by atoms with Crippen LogP contribution in [0.2, 0.25) is 0 Å². The number of nitrogens with one attached hydrogen (secondary N) is 1. The Labute approximate surface area is 176 Å². The summed E-state index contributed by atoms with van der Waals surface area (Å²) < 4.78 is 45.1. The molecule has 6 heteroatoms. The lowest BCUT2D eigenvalue weighted by Gasteiger charge is -2.34. The Morgan fingerprint density at radius 1 is 1.18 bits per heavy atom. The molecule has 0 saturated heterocycles. The summed E-state index contributed by atoms with van der Waals surface area (Å²) in [6.45, 7) is 3.67. The highest BCUT2D eigenvalue weighted by atomic mass is 127. The van der Waals surface area contributed by atoms with Crippen LogP contribution in [0.25, 0.3) is 10.9 Å². The average molecular weight is 498 g/mol. The van der Waals surface area contributed by atoms with Gasteiger partial charge in [-0.25, -0.2) is 13.2 Å².